The molecular formula is C20H24N2O3. The first-order chi connectivity index (χ1) is 12.2. The number of ketones is 1. The van der Waals surface area contributed by atoms with E-state index in [1.807, 2.05) is 42.5 Å². The van der Waals surface area contributed by atoms with E-state index in [0.29, 0.717) is 44.5 Å². The summed E-state index contributed by atoms with van der Waals surface area (Å²) in [5.41, 5.74) is 2.72. The van der Waals surface area contributed by atoms with Gasteiger partial charge in [-0.3, -0.25) is 14.6 Å². The van der Waals surface area contributed by atoms with Crippen LogP contribution in [0.25, 0.3) is 0 Å². The molecule has 0 aliphatic heterocycles. The number of rotatable bonds is 10. The fourth-order valence-corrected chi connectivity index (χ4v) is 2.40. The fourth-order valence-electron chi connectivity index (χ4n) is 2.40. The van der Waals surface area contributed by atoms with E-state index in [9.17, 15) is 9.59 Å². The molecule has 1 aromatic carbocycles. The second kappa shape index (κ2) is 10.4. The lowest BCUT2D eigenvalue weighted by molar-refractivity contribution is -0.142. The van der Waals surface area contributed by atoms with Crippen LogP contribution in [0.3, 0.4) is 0 Å². The van der Waals surface area contributed by atoms with Crippen LogP contribution in [0.2, 0.25) is 0 Å². The fraction of sp³-hybridized carbons (Fsp3) is 0.350. The lowest BCUT2D eigenvalue weighted by Gasteiger charge is -2.06. The summed E-state index contributed by atoms with van der Waals surface area (Å²) in [4.78, 5) is 27.7. The number of Topliss-reactive ketones (excluding diaryl/α,β-unsaturated/α-hetero) is 1. The zero-order valence-corrected chi connectivity index (χ0v) is 14.5. The van der Waals surface area contributed by atoms with Crippen molar-refractivity contribution in [3.8, 4) is 0 Å². The van der Waals surface area contributed by atoms with Gasteiger partial charge in [-0.05, 0) is 31.0 Å². The molecule has 0 radical (unpaired) electrons. The number of hydrogen-bond donors (Lipinski definition) is 1. The molecule has 0 saturated heterocycles. The first-order valence-electron chi connectivity index (χ1n) is 8.57. The van der Waals surface area contributed by atoms with Gasteiger partial charge in [-0.25, -0.2) is 0 Å². The van der Waals surface area contributed by atoms with E-state index in [4.69, 9.17) is 4.74 Å². The molecule has 5 nitrogen and oxygen atoms in total. The Labute approximate surface area is 148 Å². The van der Waals surface area contributed by atoms with E-state index in [1.54, 1.807) is 13.1 Å². The summed E-state index contributed by atoms with van der Waals surface area (Å²) in [6.45, 7) is 3.44. The van der Waals surface area contributed by atoms with Crippen molar-refractivity contribution >= 4 is 11.8 Å². The van der Waals surface area contributed by atoms with Crippen molar-refractivity contribution in [1.29, 1.82) is 0 Å². The maximum Gasteiger partial charge on any atom is 0.307 e. The lowest BCUT2D eigenvalue weighted by Crippen LogP contribution is -2.19. The molecule has 0 spiro atoms. The average Bonchev–Trinajstić information content (AvgIpc) is 2.65. The van der Waals surface area contributed by atoms with Gasteiger partial charge in [-0.15, -0.1) is 0 Å². The number of carbonyl (C=O) groups excluding carboxylic acids is 2. The van der Waals surface area contributed by atoms with Gasteiger partial charge < -0.3 is 10.1 Å². The van der Waals surface area contributed by atoms with Crippen molar-refractivity contribution in [1.82, 2.24) is 10.3 Å². The molecule has 0 saturated carbocycles. The van der Waals surface area contributed by atoms with Crippen LogP contribution in [0.15, 0.2) is 48.7 Å². The molecule has 0 atom stereocenters. The molecule has 0 aliphatic carbocycles. The summed E-state index contributed by atoms with van der Waals surface area (Å²) in [7, 11) is 0. The van der Waals surface area contributed by atoms with Crippen LogP contribution in [-0.2, 0) is 22.5 Å². The van der Waals surface area contributed by atoms with Crippen LogP contribution in [-0.4, -0.2) is 29.9 Å². The number of nitrogens with one attached hydrogen (secondary N) is 1. The standard InChI is InChI=1S/C20H24N2O3/c1-2-25-20(24)12-14-21-15-16-6-8-17(9-7-16)19(23)11-10-18-5-3-4-13-22-18/h3-9,13,21H,2,10-12,14-15H2,1H3. The van der Waals surface area contributed by atoms with Crippen molar-refractivity contribution in [2.45, 2.75) is 32.7 Å². The number of hydrogen-bond acceptors (Lipinski definition) is 5. The molecule has 2 rings (SSSR count). The Morgan fingerprint density at radius 2 is 1.88 bits per heavy atom. The highest BCUT2D eigenvalue weighted by atomic mass is 16.5. The minimum absolute atomic E-state index is 0.118. The predicted molar refractivity (Wildman–Crippen MR) is 96.3 cm³/mol. The number of ether oxygens (including phenoxy) is 1. The molecule has 2 aromatic rings. The van der Waals surface area contributed by atoms with Crippen molar-refractivity contribution in [3.05, 3.63) is 65.5 Å². The van der Waals surface area contributed by atoms with Crippen molar-refractivity contribution in [2.24, 2.45) is 0 Å². The maximum absolute atomic E-state index is 12.2. The lowest BCUT2D eigenvalue weighted by atomic mass is 10.0. The van der Waals surface area contributed by atoms with E-state index in [0.717, 1.165) is 11.3 Å². The second-order valence-corrected chi connectivity index (χ2v) is 5.67. The van der Waals surface area contributed by atoms with Gasteiger partial charge >= 0.3 is 5.97 Å². The number of pyridine rings is 1. The summed E-state index contributed by atoms with van der Waals surface area (Å²) in [5.74, 6) is -0.0728. The van der Waals surface area contributed by atoms with Gasteiger partial charge in [0.1, 0.15) is 0 Å². The summed E-state index contributed by atoms with van der Waals surface area (Å²) in [6.07, 6.45) is 3.20. The van der Waals surface area contributed by atoms with Crippen LogP contribution in [0.4, 0.5) is 0 Å². The predicted octanol–water partition coefficient (Wildman–Crippen LogP) is 2.94. The monoisotopic (exact) mass is 340 g/mol. The molecular weight excluding hydrogens is 316 g/mol. The van der Waals surface area contributed by atoms with Crippen LogP contribution in [0, 0.1) is 0 Å². The average molecular weight is 340 g/mol. The number of benzene rings is 1. The van der Waals surface area contributed by atoms with Gasteiger partial charge in [0.05, 0.1) is 13.0 Å². The molecule has 1 aromatic heterocycles. The molecule has 1 heterocycles. The Morgan fingerprint density at radius 3 is 2.56 bits per heavy atom. The van der Waals surface area contributed by atoms with Crippen LogP contribution < -0.4 is 5.32 Å². The van der Waals surface area contributed by atoms with Gasteiger partial charge in [-0.2, -0.15) is 0 Å². The molecule has 0 bridgehead atoms. The summed E-state index contributed by atoms with van der Waals surface area (Å²) in [6, 6.07) is 13.3. The zero-order valence-electron chi connectivity index (χ0n) is 14.5. The molecule has 132 valence electrons. The Bertz CT molecular complexity index is 669. The topological polar surface area (TPSA) is 68.3 Å². The Hall–Kier alpha value is -2.53. The van der Waals surface area contributed by atoms with Crippen molar-refractivity contribution in [3.63, 3.8) is 0 Å². The number of aromatic nitrogens is 1. The molecule has 0 unspecified atom stereocenters. The Kier molecular flexibility index (Phi) is 7.79. The molecule has 0 amide bonds. The van der Waals surface area contributed by atoms with Gasteiger partial charge in [0.2, 0.25) is 0 Å². The quantitative estimate of drug-likeness (QED) is 0.409. The largest absolute Gasteiger partial charge is 0.466 e. The van der Waals surface area contributed by atoms with E-state index in [1.165, 1.54) is 0 Å². The number of esters is 1. The van der Waals surface area contributed by atoms with Gasteiger partial charge in [0.15, 0.2) is 5.78 Å². The molecule has 0 fully saturated rings. The van der Waals surface area contributed by atoms with Crippen molar-refractivity contribution < 1.29 is 14.3 Å². The third-order valence-electron chi connectivity index (χ3n) is 3.75. The van der Waals surface area contributed by atoms with E-state index >= 15 is 0 Å². The first-order valence-corrected chi connectivity index (χ1v) is 8.57. The minimum Gasteiger partial charge on any atom is -0.466 e. The minimum atomic E-state index is -0.191. The Morgan fingerprint density at radius 1 is 1.08 bits per heavy atom. The van der Waals surface area contributed by atoms with Crippen LogP contribution in [0.5, 0.6) is 0 Å². The zero-order chi connectivity index (χ0) is 17.9. The first kappa shape index (κ1) is 18.8. The van der Waals surface area contributed by atoms with Crippen LogP contribution >= 0.6 is 0 Å². The number of nitrogens with zero attached hydrogens (tertiary/aromatic N) is 1. The number of carbonyl (C=O) groups is 2. The molecule has 25 heavy (non-hydrogen) atoms. The molecule has 1 N–H and O–H groups in total. The van der Waals surface area contributed by atoms with Crippen molar-refractivity contribution in [2.75, 3.05) is 13.2 Å². The summed E-state index contributed by atoms with van der Waals surface area (Å²) in [5, 5.41) is 3.19. The SMILES string of the molecule is CCOC(=O)CCNCc1ccc(C(=O)CCc2ccccn2)cc1. The smallest absolute Gasteiger partial charge is 0.307 e. The normalized spacial score (nSPS) is 10.4. The van der Waals surface area contributed by atoms with Crippen LogP contribution in [0.1, 0.15) is 41.4 Å². The highest BCUT2D eigenvalue weighted by Gasteiger charge is 2.07. The second-order valence-electron chi connectivity index (χ2n) is 5.67. The van der Waals surface area contributed by atoms with Gasteiger partial charge in [0, 0.05) is 37.0 Å². The molecule has 0 aliphatic rings. The third kappa shape index (κ3) is 6.85. The molecule has 5 heteroatoms. The van der Waals surface area contributed by atoms with E-state index in [-0.39, 0.29) is 11.8 Å². The van der Waals surface area contributed by atoms with E-state index < -0.39 is 0 Å². The third-order valence-corrected chi connectivity index (χ3v) is 3.75. The highest BCUT2D eigenvalue weighted by molar-refractivity contribution is 5.96. The van der Waals surface area contributed by atoms with Gasteiger partial charge in [-0.1, -0.05) is 30.3 Å². The van der Waals surface area contributed by atoms with Gasteiger partial charge in [0.25, 0.3) is 0 Å². The summed E-state index contributed by atoms with van der Waals surface area (Å²) < 4.78 is 4.87. The number of aryl methyl sites for hydroxylation is 1. The van der Waals surface area contributed by atoms with E-state index in [2.05, 4.69) is 10.3 Å². The Balaban J connectivity index is 1.73. The highest BCUT2D eigenvalue weighted by Crippen LogP contribution is 2.09. The maximum atomic E-state index is 12.2. The summed E-state index contributed by atoms with van der Waals surface area (Å²) >= 11 is 0.